The fraction of sp³-hybridized carbons (Fsp3) is 0.588. The fourth-order valence-electron chi connectivity index (χ4n) is 2.62. The van der Waals surface area contributed by atoms with Crippen LogP contribution in [-0.2, 0) is 6.54 Å². The molecule has 1 saturated carbocycles. The first-order chi connectivity index (χ1) is 10.8. The number of aliphatic imine (C=N–C) groups is 1. The molecule has 0 atom stereocenters. The predicted octanol–water partition coefficient (Wildman–Crippen LogP) is 3.04. The molecule has 1 aromatic carbocycles. The third-order valence-corrected chi connectivity index (χ3v) is 4.45. The van der Waals surface area contributed by atoms with Gasteiger partial charge in [0.1, 0.15) is 5.75 Å². The van der Waals surface area contributed by atoms with Gasteiger partial charge in [0, 0.05) is 31.5 Å². The summed E-state index contributed by atoms with van der Waals surface area (Å²) in [5.41, 5.74) is 1.18. The van der Waals surface area contributed by atoms with Crippen molar-refractivity contribution in [2.24, 2.45) is 4.99 Å². The van der Waals surface area contributed by atoms with Gasteiger partial charge in [-0.1, -0.05) is 18.2 Å². The third kappa shape index (κ3) is 5.44. The summed E-state index contributed by atoms with van der Waals surface area (Å²) < 4.78 is 6.17. The van der Waals surface area contributed by atoms with Crippen LogP contribution in [0.5, 0.6) is 5.75 Å². The average molecular weight is 321 g/mol. The summed E-state index contributed by atoms with van der Waals surface area (Å²) in [4.78, 5) is 4.25. The number of thioether (sulfide) groups is 1. The zero-order chi connectivity index (χ0) is 15.6. The van der Waals surface area contributed by atoms with Crippen LogP contribution in [-0.4, -0.2) is 37.7 Å². The van der Waals surface area contributed by atoms with Gasteiger partial charge in [-0.15, -0.1) is 0 Å². The third-order valence-electron chi connectivity index (χ3n) is 3.84. The lowest BCUT2D eigenvalue weighted by atomic mass is 10.2. The molecule has 2 rings (SSSR count). The van der Waals surface area contributed by atoms with Crippen LogP contribution in [0.3, 0.4) is 0 Å². The largest absolute Gasteiger partial charge is 0.490 e. The molecular formula is C17H27N3OS. The van der Waals surface area contributed by atoms with E-state index in [9.17, 15) is 0 Å². The number of hydrogen-bond acceptors (Lipinski definition) is 3. The Hall–Kier alpha value is -1.36. The van der Waals surface area contributed by atoms with E-state index < -0.39 is 0 Å². The predicted molar refractivity (Wildman–Crippen MR) is 95.9 cm³/mol. The van der Waals surface area contributed by atoms with E-state index in [2.05, 4.69) is 40.1 Å². The molecule has 0 unspecified atom stereocenters. The van der Waals surface area contributed by atoms with Crippen LogP contribution in [0.15, 0.2) is 29.3 Å². The monoisotopic (exact) mass is 321 g/mol. The lowest BCUT2D eigenvalue weighted by molar-refractivity contribution is 0.208. The van der Waals surface area contributed by atoms with Crippen molar-refractivity contribution in [1.82, 2.24) is 10.6 Å². The highest BCUT2D eigenvalue weighted by Crippen LogP contribution is 2.26. The minimum absolute atomic E-state index is 0.389. The first-order valence-corrected chi connectivity index (χ1v) is 9.41. The van der Waals surface area contributed by atoms with Gasteiger partial charge in [0.05, 0.1) is 6.10 Å². The quantitative estimate of drug-likeness (QED) is 0.460. The van der Waals surface area contributed by atoms with Crippen LogP contribution in [0.25, 0.3) is 0 Å². The second-order valence-electron chi connectivity index (χ2n) is 5.48. The molecule has 5 heteroatoms. The van der Waals surface area contributed by atoms with E-state index in [4.69, 9.17) is 4.74 Å². The number of nitrogens with zero attached hydrogens (tertiary/aromatic N) is 1. The molecule has 0 saturated heterocycles. The molecule has 0 amide bonds. The van der Waals surface area contributed by atoms with E-state index in [0.717, 1.165) is 30.6 Å². The van der Waals surface area contributed by atoms with E-state index in [1.54, 1.807) is 7.05 Å². The molecule has 0 radical (unpaired) electrons. The Morgan fingerprint density at radius 3 is 2.77 bits per heavy atom. The van der Waals surface area contributed by atoms with Gasteiger partial charge >= 0.3 is 0 Å². The number of benzene rings is 1. The average Bonchev–Trinajstić information content (AvgIpc) is 3.05. The Bertz CT molecular complexity index is 473. The van der Waals surface area contributed by atoms with Crippen molar-refractivity contribution in [2.75, 3.05) is 25.6 Å². The van der Waals surface area contributed by atoms with Crippen molar-refractivity contribution in [3.8, 4) is 5.75 Å². The van der Waals surface area contributed by atoms with E-state index >= 15 is 0 Å². The number of guanidine groups is 1. The van der Waals surface area contributed by atoms with Crippen LogP contribution in [0, 0.1) is 0 Å². The maximum Gasteiger partial charge on any atom is 0.191 e. The first-order valence-electron chi connectivity index (χ1n) is 8.01. The highest BCUT2D eigenvalue weighted by molar-refractivity contribution is 7.98. The standard InChI is InChI=1S/C17H27N3OS/c1-18-17(19-11-12-22-2)20-13-14-7-3-6-10-16(14)21-15-8-4-5-9-15/h3,6-7,10,15H,4-5,8-9,11-13H2,1-2H3,(H2,18,19,20). The normalized spacial score (nSPS) is 15.8. The molecule has 1 fully saturated rings. The molecule has 2 N–H and O–H groups in total. The Kier molecular flexibility index (Phi) is 7.43. The molecule has 0 heterocycles. The molecule has 1 aliphatic carbocycles. The lowest BCUT2D eigenvalue weighted by Crippen LogP contribution is -2.38. The van der Waals surface area contributed by atoms with E-state index in [1.165, 1.54) is 31.2 Å². The zero-order valence-corrected chi connectivity index (χ0v) is 14.4. The molecule has 0 bridgehead atoms. The van der Waals surface area contributed by atoms with Crippen molar-refractivity contribution in [2.45, 2.75) is 38.3 Å². The summed E-state index contributed by atoms with van der Waals surface area (Å²) in [5, 5.41) is 6.67. The van der Waals surface area contributed by atoms with Gasteiger partial charge in [-0.25, -0.2) is 0 Å². The van der Waals surface area contributed by atoms with Crippen LogP contribution in [0.2, 0.25) is 0 Å². The van der Waals surface area contributed by atoms with E-state index in [1.807, 2.05) is 17.8 Å². The number of rotatable bonds is 7. The highest BCUT2D eigenvalue weighted by atomic mass is 32.2. The van der Waals surface area contributed by atoms with Crippen molar-refractivity contribution in [3.05, 3.63) is 29.8 Å². The first kappa shape index (κ1) is 17.0. The van der Waals surface area contributed by atoms with E-state index in [0.29, 0.717) is 6.10 Å². The Morgan fingerprint density at radius 1 is 1.27 bits per heavy atom. The van der Waals surface area contributed by atoms with Gasteiger partial charge in [0.2, 0.25) is 0 Å². The summed E-state index contributed by atoms with van der Waals surface area (Å²) in [5.74, 6) is 2.91. The zero-order valence-electron chi connectivity index (χ0n) is 13.6. The summed E-state index contributed by atoms with van der Waals surface area (Å²) in [6.45, 7) is 1.64. The molecule has 1 aromatic rings. The van der Waals surface area contributed by atoms with Gasteiger partial charge in [0.25, 0.3) is 0 Å². The minimum atomic E-state index is 0.389. The van der Waals surface area contributed by atoms with Crippen LogP contribution in [0.1, 0.15) is 31.2 Å². The van der Waals surface area contributed by atoms with Gasteiger partial charge in [-0.3, -0.25) is 4.99 Å². The van der Waals surface area contributed by atoms with Crippen LogP contribution >= 0.6 is 11.8 Å². The Balaban J connectivity index is 1.88. The maximum absolute atomic E-state index is 6.17. The Labute approximate surface area is 138 Å². The number of ether oxygens (including phenoxy) is 1. The second-order valence-corrected chi connectivity index (χ2v) is 6.46. The summed E-state index contributed by atoms with van der Waals surface area (Å²) in [7, 11) is 1.80. The topological polar surface area (TPSA) is 45.7 Å². The van der Waals surface area contributed by atoms with Gasteiger partial charge in [-0.05, 0) is 38.0 Å². The molecule has 0 aromatic heterocycles. The second kappa shape index (κ2) is 9.62. The van der Waals surface area contributed by atoms with Crippen LogP contribution < -0.4 is 15.4 Å². The van der Waals surface area contributed by atoms with Crippen LogP contribution in [0.4, 0.5) is 0 Å². The molecule has 4 nitrogen and oxygen atoms in total. The van der Waals surface area contributed by atoms with Gasteiger partial charge in [0.15, 0.2) is 5.96 Å². The summed E-state index contributed by atoms with van der Waals surface area (Å²) in [6.07, 6.45) is 7.43. The van der Waals surface area contributed by atoms with Gasteiger partial charge < -0.3 is 15.4 Å². The molecular weight excluding hydrogens is 294 g/mol. The Morgan fingerprint density at radius 2 is 2.05 bits per heavy atom. The minimum Gasteiger partial charge on any atom is -0.490 e. The summed E-state index contributed by atoms with van der Waals surface area (Å²) >= 11 is 1.82. The van der Waals surface area contributed by atoms with E-state index in [-0.39, 0.29) is 0 Å². The summed E-state index contributed by atoms with van der Waals surface area (Å²) in [6, 6.07) is 8.29. The molecule has 0 aliphatic heterocycles. The molecule has 1 aliphatic rings. The highest BCUT2D eigenvalue weighted by Gasteiger charge is 2.17. The van der Waals surface area contributed by atoms with Crippen molar-refractivity contribution < 1.29 is 4.74 Å². The fourth-order valence-corrected chi connectivity index (χ4v) is 2.93. The molecule has 0 spiro atoms. The lowest BCUT2D eigenvalue weighted by Gasteiger charge is -2.17. The maximum atomic E-state index is 6.17. The SMILES string of the molecule is CN=C(NCCSC)NCc1ccccc1OC1CCCC1. The molecule has 122 valence electrons. The number of para-hydroxylation sites is 1. The van der Waals surface area contributed by atoms with Gasteiger partial charge in [-0.2, -0.15) is 11.8 Å². The number of nitrogens with one attached hydrogen (secondary N) is 2. The number of hydrogen-bond donors (Lipinski definition) is 2. The van der Waals surface area contributed by atoms with Crippen molar-refractivity contribution in [3.63, 3.8) is 0 Å². The molecule has 22 heavy (non-hydrogen) atoms. The smallest absolute Gasteiger partial charge is 0.191 e. The van der Waals surface area contributed by atoms with Crippen molar-refractivity contribution in [1.29, 1.82) is 0 Å². The van der Waals surface area contributed by atoms with Crippen molar-refractivity contribution >= 4 is 17.7 Å².